The Morgan fingerprint density at radius 3 is 2.59 bits per heavy atom. The summed E-state index contributed by atoms with van der Waals surface area (Å²) in [5.74, 6) is 1.30. The summed E-state index contributed by atoms with van der Waals surface area (Å²) < 4.78 is 1.62. The monoisotopic (exact) mass is 249 g/mol. The van der Waals surface area contributed by atoms with Crippen LogP contribution in [0.25, 0.3) is 0 Å². The predicted molar refractivity (Wildman–Crippen MR) is 65.9 cm³/mol. The zero-order valence-electron chi connectivity index (χ0n) is 9.23. The van der Waals surface area contributed by atoms with Gasteiger partial charge in [0.1, 0.15) is 18.4 Å². The molecule has 2 aromatic rings. The van der Waals surface area contributed by atoms with Crippen LogP contribution >= 0.6 is 11.8 Å². The van der Waals surface area contributed by atoms with Gasteiger partial charge < -0.3 is 5.11 Å². The van der Waals surface area contributed by atoms with Gasteiger partial charge in [0.2, 0.25) is 0 Å². The molecule has 0 saturated heterocycles. The largest absolute Gasteiger partial charge is 0.508 e. The lowest BCUT2D eigenvalue weighted by atomic mass is 10.3. The number of aromatic hydroxyl groups is 1. The summed E-state index contributed by atoms with van der Waals surface area (Å²) in [5, 5.41) is 16.5. The van der Waals surface area contributed by atoms with Crippen LogP contribution in [0.3, 0.4) is 0 Å². The molecule has 0 amide bonds. The molecule has 0 aliphatic carbocycles. The van der Waals surface area contributed by atoms with Crippen molar-refractivity contribution in [1.29, 1.82) is 0 Å². The third-order valence-electron chi connectivity index (χ3n) is 2.08. The summed E-state index contributed by atoms with van der Waals surface area (Å²) in [6.07, 6.45) is 4.14. The van der Waals surface area contributed by atoms with E-state index in [0.717, 1.165) is 23.6 Å². The minimum absolute atomic E-state index is 0.303. The second-order valence-corrected chi connectivity index (χ2v) is 4.57. The van der Waals surface area contributed by atoms with Crippen molar-refractivity contribution < 1.29 is 5.11 Å². The summed E-state index contributed by atoms with van der Waals surface area (Å²) in [6.45, 7) is 0.753. The van der Waals surface area contributed by atoms with Gasteiger partial charge in [0.05, 0.1) is 6.54 Å². The van der Waals surface area contributed by atoms with Gasteiger partial charge in [0.15, 0.2) is 0 Å². The van der Waals surface area contributed by atoms with Gasteiger partial charge in [-0.3, -0.25) is 0 Å². The Labute approximate surface area is 104 Å². The number of phenolic OH excluding ortho intramolecular Hbond substituents is 1. The van der Waals surface area contributed by atoms with Gasteiger partial charge >= 0.3 is 0 Å². The van der Waals surface area contributed by atoms with E-state index in [2.05, 4.69) is 15.6 Å². The molecular formula is C11H13N4OS. The highest BCUT2D eigenvalue weighted by molar-refractivity contribution is 7.99. The predicted octanol–water partition coefficient (Wildman–Crippen LogP) is 1.53. The molecule has 1 aromatic heterocycles. The quantitative estimate of drug-likeness (QED) is 0.623. The molecule has 89 valence electrons. The van der Waals surface area contributed by atoms with Crippen molar-refractivity contribution in [2.24, 2.45) is 0 Å². The molecule has 1 N–H and O–H groups in total. The average molecular weight is 249 g/mol. The Kier molecular flexibility index (Phi) is 4.26. The fourth-order valence-electron chi connectivity index (χ4n) is 1.25. The summed E-state index contributed by atoms with van der Waals surface area (Å²) in [5.41, 5.74) is 4.25. The molecule has 0 unspecified atom stereocenters. The van der Waals surface area contributed by atoms with Crippen LogP contribution in [0.5, 0.6) is 5.75 Å². The zero-order chi connectivity index (χ0) is 11.9. The van der Waals surface area contributed by atoms with E-state index < -0.39 is 0 Å². The lowest BCUT2D eigenvalue weighted by Gasteiger charge is -2.03. The average Bonchev–Trinajstić information content (AvgIpc) is 2.84. The van der Waals surface area contributed by atoms with Crippen LogP contribution in [0.1, 0.15) is 6.42 Å². The van der Waals surface area contributed by atoms with E-state index in [9.17, 15) is 0 Å². The Bertz CT molecular complexity index is 429. The molecule has 0 aliphatic heterocycles. The number of phenols is 1. The summed E-state index contributed by atoms with van der Waals surface area (Å²) in [6, 6.07) is 7.22. The van der Waals surface area contributed by atoms with Gasteiger partial charge in [-0.15, -0.1) is 22.0 Å². The molecule has 6 heteroatoms. The molecule has 1 radical (unpaired) electrons. The molecule has 0 spiro atoms. The number of nitrogens with zero attached hydrogens (tertiary/aromatic N) is 4. The van der Waals surface area contributed by atoms with Crippen molar-refractivity contribution >= 4 is 11.8 Å². The molecule has 0 saturated carbocycles. The van der Waals surface area contributed by atoms with Gasteiger partial charge in [-0.25, -0.2) is 10.1 Å². The molecule has 0 atom stereocenters. The Morgan fingerprint density at radius 1 is 1.18 bits per heavy atom. The standard InChI is InChI=1S/C11H13N4OS/c16-10-2-4-11(5-3-10)17-7-1-6-14-15-8-12-13-9-15/h2-5,8-9,16H,1,6-7H2. The topological polar surface area (TPSA) is 65.0 Å². The second-order valence-electron chi connectivity index (χ2n) is 3.40. The number of benzene rings is 1. The van der Waals surface area contributed by atoms with Crippen LogP contribution < -0.4 is 5.43 Å². The van der Waals surface area contributed by atoms with E-state index in [0.29, 0.717) is 5.75 Å². The molecule has 1 aromatic carbocycles. The van der Waals surface area contributed by atoms with Crippen LogP contribution in [0.4, 0.5) is 0 Å². The third-order valence-corrected chi connectivity index (χ3v) is 3.18. The molecule has 2 rings (SSSR count). The van der Waals surface area contributed by atoms with E-state index in [-0.39, 0.29) is 0 Å². The van der Waals surface area contributed by atoms with E-state index in [1.54, 1.807) is 41.2 Å². The summed E-state index contributed by atoms with van der Waals surface area (Å²) >= 11 is 1.75. The van der Waals surface area contributed by atoms with Crippen LogP contribution in [-0.2, 0) is 0 Å². The SMILES string of the molecule is Oc1ccc(SCCC[N]n2cnnc2)cc1. The zero-order valence-corrected chi connectivity index (χ0v) is 10.0. The van der Waals surface area contributed by atoms with Crippen molar-refractivity contribution in [1.82, 2.24) is 20.3 Å². The van der Waals surface area contributed by atoms with Crippen molar-refractivity contribution in [2.45, 2.75) is 11.3 Å². The molecule has 0 bridgehead atoms. The third kappa shape index (κ3) is 3.99. The number of aromatic nitrogens is 3. The lowest BCUT2D eigenvalue weighted by molar-refractivity contribution is 0.475. The van der Waals surface area contributed by atoms with E-state index >= 15 is 0 Å². The number of rotatable bonds is 6. The minimum Gasteiger partial charge on any atom is -0.508 e. The Hall–Kier alpha value is -1.69. The fraction of sp³-hybridized carbons (Fsp3) is 0.273. The van der Waals surface area contributed by atoms with Crippen molar-refractivity contribution in [2.75, 3.05) is 12.3 Å². The highest BCUT2D eigenvalue weighted by atomic mass is 32.2. The molecule has 1 heterocycles. The minimum atomic E-state index is 0.303. The fourth-order valence-corrected chi connectivity index (χ4v) is 2.09. The number of hydrogen-bond acceptors (Lipinski definition) is 4. The molecule has 0 aliphatic rings. The second kappa shape index (κ2) is 6.15. The normalized spacial score (nSPS) is 10.4. The summed E-state index contributed by atoms with van der Waals surface area (Å²) in [7, 11) is 0. The van der Waals surface area contributed by atoms with Gasteiger partial charge in [0, 0.05) is 4.90 Å². The summed E-state index contributed by atoms with van der Waals surface area (Å²) in [4.78, 5) is 1.16. The Morgan fingerprint density at radius 2 is 1.88 bits per heavy atom. The maximum Gasteiger partial charge on any atom is 0.141 e. The van der Waals surface area contributed by atoms with Crippen LogP contribution in [0.2, 0.25) is 0 Å². The highest BCUT2D eigenvalue weighted by Gasteiger charge is 1.96. The maximum absolute atomic E-state index is 9.13. The van der Waals surface area contributed by atoms with E-state index in [1.807, 2.05) is 12.1 Å². The smallest absolute Gasteiger partial charge is 0.141 e. The Balaban J connectivity index is 1.61. The molecule has 17 heavy (non-hydrogen) atoms. The van der Waals surface area contributed by atoms with Crippen molar-refractivity contribution in [3.63, 3.8) is 0 Å². The molecular weight excluding hydrogens is 236 g/mol. The lowest BCUT2D eigenvalue weighted by Crippen LogP contribution is -2.13. The number of hydrogen-bond donors (Lipinski definition) is 1. The molecule has 5 nitrogen and oxygen atoms in total. The van der Waals surface area contributed by atoms with Crippen LogP contribution in [0.15, 0.2) is 41.8 Å². The maximum atomic E-state index is 9.13. The van der Waals surface area contributed by atoms with E-state index in [1.165, 1.54) is 0 Å². The highest BCUT2D eigenvalue weighted by Crippen LogP contribution is 2.20. The van der Waals surface area contributed by atoms with Gasteiger partial charge in [0.25, 0.3) is 0 Å². The van der Waals surface area contributed by atoms with Gasteiger partial charge in [-0.1, -0.05) is 0 Å². The first-order chi connectivity index (χ1) is 8.34. The van der Waals surface area contributed by atoms with Crippen LogP contribution in [-0.4, -0.2) is 32.3 Å². The van der Waals surface area contributed by atoms with Gasteiger partial charge in [-0.05, 0) is 36.4 Å². The first kappa shape index (κ1) is 11.8. The first-order valence-electron chi connectivity index (χ1n) is 5.29. The van der Waals surface area contributed by atoms with Gasteiger partial charge in [-0.2, -0.15) is 0 Å². The van der Waals surface area contributed by atoms with Crippen LogP contribution in [0, 0.1) is 0 Å². The van der Waals surface area contributed by atoms with Crippen molar-refractivity contribution in [3.8, 4) is 5.75 Å². The van der Waals surface area contributed by atoms with Crippen molar-refractivity contribution in [3.05, 3.63) is 36.9 Å². The number of thioether (sulfide) groups is 1. The molecule has 0 fully saturated rings. The van der Waals surface area contributed by atoms with E-state index in [4.69, 9.17) is 5.11 Å². The first-order valence-corrected chi connectivity index (χ1v) is 6.27.